The molecule has 106 valence electrons. The fourth-order valence-corrected chi connectivity index (χ4v) is 2.05. The van der Waals surface area contributed by atoms with Gasteiger partial charge in [-0.05, 0) is 18.6 Å². The minimum Gasteiger partial charge on any atom is -0.340 e. The number of benzene rings is 1. The number of hydrogen-bond acceptors (Lipinski definition) is 5. The Kier molecular flexibility index (Phi) is 3.23. The number of anilines is 2. The van der Waals surface area contributed by atoms with Gasteiger partial charge in [0.1, 0.15) is 5.82 Å². The SMILES string of the molecule is CCc1cc(Nc2ccc([N+](=O)[O-])cc2)n2nccc2n1. The van der Waals surface area contributed by atoms with Crippen LogP contribution in [0, 0.1) is 10.1 Å². The summed E-state index contributed by atoms with van der Waals surface area (Å²) in [5, 5.41) is 18.1. The molecule has 3 aromatic rings. The van der Waals surface area contributed by atoms with Gasteiger partial charge in [-0.1, -0.05) is 6.92 Å². The quantitative estimate of drug-likeness (QED) is 0.587. The molecular weight excluding hydrogens is 270 g/mol. The van der Waals surface area contributed by atoms with Crippen molar-refractivity contribution < 1.29 is 4.92 Å². The van der Waals surface area contributed by atoms with Crippen molar-refractivity contribution in [1.82, 2.24) is 14.6 Å². The maximum Gasteiger partial charge on any atom is 0.269 e. The van der Waals surface area contributed by atoms with Crippen LogP contribution in [0.1, 0.15) is 12.6 Å². The molecule has 2 aromatic heterocycles. The van der Waals surface area contributed by atoms with Crippen LogP contribution in [0.25, 0.3) is 5.65 Å². The zero-order valence-electron chi connectivity index (χ0n) is 11.4. The van der Waals surface area contributed by atoms with Crippen LogP contribution in [0.3, 0.4) is 0 Å². The first-order chi connectivity index (χ1) is 10.2. The number of nitrogens with one attached hydrogen (secondary N) is 1. The third-order valence-electron chi connectivity index (χ3n) is 3.13. The van der Waals surface area contributed by atoms with E-state index in [1.54, 1.807) is 22.8 Å². The first kappa shape index (κ1) is 13.0. The topological polar surface area (TPSA) is 85.4 Å². The van der Waals surface area contributed by atoms with Gasteiger partial charge in [0.25, 0.3) is 5.69 Å². The number of aryl methyl sites for hydroxylation is 1. The molecule has 7 nitrogen and oxygen atoms in total. The van der Waals surface area contributed by atoms with Crippen LogP contribution in [0.2, 0.25) is 0 Å². The molecule has 0 radical (unpaired) electrons. The summed E-state index contributed by atoms with van der Waals surface area (Å²) < 4.78 is 1.70. The molecule has 0 aliphatic heterocycles. The molecule has 0 aliphatic rings. The third-order valence-corrected chi connectivity index (χ3v) is 3.13. The monoisotopic (exact) mass is 283 g/mol. The molecule has 2 heterocycles. The highest BCUT2D eigenvalue weighted by molar-refractivity contribution is 5.61. The van der Waals surface area contributed by atoms with Crippen LogP contribution >= 0.6 is 0 Å². The molecule has 0 unspecified atom stereocenters. The smallest absolute Gasteiger partial charge is 0.269 e. The Morgan fingerprint density at radius 3 is 2.71 bits per heavy atom. The van der Waals surface area contributed by atoms with Crippen molar-refractivity contribution in [1.29, 1.82) is 0 Å². The highest BCUT2D eigenvalue weighted by atomic mass is 16.6. The maximum absolute atomic E-state index is 10.7. The molecule has 0 bridgehead atoms. The molecule has 0 fully saturated rings. The number of non-ortho nitro benzene ring substituents is 1. The van der Waals surface area contributed by atoms with E-state index < -0.39 is 4.92 Å². The Morgan fingerprint density at radius 2 is 2.05 bits per heavy atom. The lowest BCUT2D eigenvalue weighted by atomic mass is 10.2. The Bertz CT molecular complexity index is 795. The lowest BCUT2D eigenvalue weighted by molar-refractivity contribution is -0.384. The average molecular weight is 283 g/mol. The van der Waals surface area contributed by atoms with Crippen molar-refractivity contribution in [2.45, 2.75) is 13.3 Å². The standard InChI is InChI=1S/C14H13N5O2/c1-2-10-9-14(18-13(16-10)7-8-15-18)17-11-3-5-12(6-4-11)19(20)21/h3-9,17H,2H2,1H3. The van der Waals surface area contributed by atoms with E-state index >= 15 is 0 Å². The van der Waals surface area contributed by atoms with Crippen molar-refractivity contribution in [3.63, 3.8) is 0 Å². The molecule has 7 heteroatoms. The molecule has 0 amide bonds. The van der Waals surface area contributed by atoms with Crippen molar-refractivity contribution in [3.05, 3.63) is 58.4 Å². The van der Waals surface area contributed by atoms with Gasteiger partial charge in [0.05, 0.1) is 11.1 Å². The summed E-state index contributed by atoms with van der Waals surface area (Å²) in [5.74, 6) is 0.774. The summed E-state index contributed by atoms with van der Waals surface area (Å²) in [6.07, 6.45) is 2.50. The first-order valence-corrected chi connectivity index (χ1v) is 6.52. The van der Waals surface area contributed by atoms with Gasteiger partial charge < -0.3 is 5.32 Å². The number of nitro groups is 1. The predicted molar refractivity (Wildman–Crippen MR) is 78.7 cm³/mol. The van der Waals surface area contributed by atoms with Crippen LogP contribution in [0.15, 0.2) is 42.6 Å². The van der Waals surface area contributed by atoms with E-state index in [1.807, 2.05) is 19.1 Å². The molecule has 3 rings (SSSR count). The Labute approximate surface area is 120 Å². The molecular formula is C14H13N5O2. The van der Waals surface area contributed by atoms with Crippen LogP contribution in [-0.2, 0) is 6.42 Å². The van der Waals surface area contributed by atoms with E-state index in [2.05, 4.69) is 15.4 Å². The molecule has 0 aliphatic carbocycles. The number of rotatable bonds is 4. The zero-order valence-corrected chi connectivity index (χ0v) is 11.4. The van der Waals surface area contributed by atoms with Crippen LogP contribution in [0.4, 0.5) is 17.2 Å². The number of fused-ring (bicyclic) bond motifs is 1. The average Bonchev–Trinajstić information content (AvgIpc) is 2.96. The minimum atomic E-state index is -0.420. The minimum absolute atomic E-state index is 0.0637. The van der Waals surface area contributed by atoms with Gasteiger partial charge in [-0.15, -0.1) is 0 Å². The van der Waals surface area contributed by atoms with Crippen LogP contribution < -0.4 is 5.32 Å². The van der Waals surface area contributed by atoms with Gasteiger partial charge in [-0.25, -0.2) is 4.98 Å². The largest absolute Gasteiger partial charge is 0.340 e. The molecule has 0 atom stereocenters. The lowest BCUT2D eigenvalue weighted by Crippen LogP contribution is -2.03. The summed E-state index contributed by atoms with van der Waals surface area (Å²) >= 11 is 0. The summed E-state index contributed by atoms with van der Waals surface area (Å²) in [5.41, 5.74) is 2.53. The highest BCUT2D eigenvalue weighted by Gasteiger charge is 2.08. The van der Waals surface area contributed by atoms with Gasteiger partial charge in [-0.3, -0.25) is 10.1 Å². The van der Waals surface area contributed by atoms with Gasteiger partial charge in [-0.2, -0.15) is 9.61 Å². The van der Waals surface area contributed by atoms with Gasteiger partial charge in [0.15, 0.2) is 5.65 Å². The van der Waals surface area contributed by atoms with Crippen molar-refractivity contribution >= 4 is 22.8 Å². The number of nitro benzene ring substituents is 1. The number of nitrogens with zero attached hydrogens (tertiary/aromatic N) is 4. The first-order valence-electron chi connectivity index (χ1n) is 6.52. The predicted octanol–water partition coefficient (Wildman–Crippen LogP) is 2.94. The van der Waals surface area contributed by atoms with Crippen LogP contribution in [-0.4, -0.2) is 19.5 Å². The summed E-state index contributed by atoms with van der Waals surface area (Å²) in [4.78, 5) is 14.7. The summed E-state index contributed by atoms with van der Waals surface area (Å²) in [6.45, 7) is 2.03. The fraction of sp³-hybridized carbons (Fsp3) is 0.143. The lowest BCUT2D eigenvalue weighted by Gasteiger charge is -2.09. The molecule has 0 saturated heterocycles. The Balaban J connectivity index is 1.97. The molecule has 21 heavy (non-hydrogen) atoms. The Hall–Kier alpha value is -2.96. The van der Waals surface area contributed by atoms with E-state index in [4.69, 9.17) is 0 Å². The second-order valence-electron chi connectivity index (χ2n) is 4.52. The van der Waals surface area contributed by atoms with E-state index in [0.29, 0.717) is 0 Å². The highest BCUT2D eigenvalue weighted by Crippen LogP contribution is 2.21. The second-order valence-corrected chi connectivity index (χ2v) is 4.52. The number of hydrogen-bond donors (Lipinski definition) is 1. The van der Waals surface area contributed by atoms with E-state index in [1.165, 1.54) is 12.1 Å². The second kappa shape index (κ2) is 5.20. The van der Waals surface area contributed by atoms with Crippen molar-refractivity contribution in [2.75, 3.05) is 5.32 Å². The fourth-order valence-electron chi connectivity index (χ4n) is 2.05. The summed E-state index contributed by atoms with van der Waals surface area (Å²) in [6, 6.07) is 10.0. The third kappa shape index (κ3) is 2.53. The molecule has 0 saturated carbocycles. The van der Waals surface area contributed by atoms with Gasteiger partial charge in [0, 0.05) is 35.6 Å². The van der Waals surface area contributed by atoms with Crippen LogP contribution in [0.5, 0.6) is 0 Å². The van der Waals surface area contributed by atoms with E-state index in [9.17, 15) is 10.1 Å². The van der Waals surface area contributed by atoms with E-state index in [0.717, 1.165) is 29.3 Å². The normalized spacial score (nSPS) is 10.7. The van der Waals surface area contributed by atoms with Crippen molar-refractivity contribution in [2.24, 2.45) is 0 Å². The zero-order chi connectivity index (χ0) is 14.8. The molecule has 1 N–H and O–H groups in total. The maximum atomic E-state index is 10.7. The van der Waals surface area contributed by atoms with Gasteiger partial charge >= 0.3 is 0 Å². The molecule has 0 spiro atoms. The molecule has 1 aromatic carbocycles. The summed E-state index contributed by atoms with van der Waals surface area (Å²) in [7, 11) is 0. The Morgan fingerprint density at radius 1 is 1.29 bits per heavy atom. The number of aromatic nitrogens is 3. The van der Waals surface area contributed by atoms with Crippen molar-refractivity contribution in [3.8, 4) is 0 Å². The van der Waals surface area contributed by atoms with Gasteiger partial charge in [0.2, 0.25) is 0 Å². The van der Waals surface area contributed by atoms with E-state index in [-0.39, 0.29) is 5.69 Å².